The van der Waals surface area contributed by atoms with Gasteiger partial charge < -0.3 is 23.8 Å². The van der Waals surface area contributed by atoms with Crippen LogP contribution in [-0.4, -0.2) is 45.8 Å². The number of amides is 1. The molecular formula is C22H27NO5. The lowest BCUT2D eigenvalue weighted by atomic mass is 9.98. The molecule has 0 aliphatic carbocycles. The standard InChI is InChI=1S/C22H27NO5/c1-25-18-8-5-15-11-12-23(14-17(15)13-18)20(24)10-7-16-6-9-19(26-2)22(28-4)21(16)27-3/h5-6,8-9,13H,7,10-12,14H2,1-4H3. The van der Waals surface area contributed by atoms with Crippen LogP contribution in [0.2, 0.25) is 0 Å². The number of rotatable bonds is 7. The van der Waals surface area contributed by atoms with Crippen molar-refractivity contribution in [2.75, 3.05) is 35.0 Å². The molecule has 0 radical (unpaired) electrons. The van der Waals surface area contributed by atoms with Gasteiger partial charge in [0.05, 0.1) is 28.4 Å². The Morgan fingerprint density at radius 2 is 1.71 bits per heavy atom. The Balaban J connectivity index is 1.69. The number of benzene rings is 2. The van der Waals surface area contributed by atoms with E-state index in [2.05, 4.69) is 6.07 Å². The second kappa shape index (κ2) is 8.87. The molecule has 0 saturated heterocycles. The van der Waals surface area contributed by atoms with E-state index in [1.165, 1.54) is 5.56 Å². The van der Waals surface area contributed by atoms with Crippen LogP contribution in [0.15, 0.2) is 30.3 Å². The molecule has 150 valence electrons. The minimum Gasteiger partial charge on any atom is -0.497 e. The van der Waals surface area contributed by atoms with Crippen LogP contribution in [0.25, 0.3) is 0 Å². The topological polar surface area (TPSA) is 57.2 Å². The Kier molecular flexibility index (Phi) is 6.29. The van der Waals surface area contributed by atoms with E-state index in [0.29, 0.717) is 36.6 Å². The number of hydrogen-bond acceptors (Lipinski definition) is 5. The Bertz CT molecular complexity index is 849. The minimum absolute atomic E-state index is 0.130. The molecule has 1 aliphatic heterocycles. The molecule has 0 unspecified atom stereocenters. The van der Waals surface area contributed by atoms with E-state index in [4.69, 9.17) is 18.9 Å². The van der Waals surface area contributed by atoms with Crippen LogP contribution in [0.1, 0.15) is 23.1 Å². The molecule has 2 aromatic carbocycles. The van der Waals surface area contributed by atoms with Crippen molar-refractivity contribution in [1.82, 2.24) is 4.90 Å². The van der Waals surface area contributed by atoms with Crippen LogP contribution in [0, 0.1) is 0 Å². The highest BCUT2D eigenvalue weighted by Crippen LogP contribution is 2.40. The number of nitrogens with zero attached hydrogens (tertiary/aromatic N) is 1. The van der Waals surface area contributed by atoms with E-state index in [1.54, 1.807) is 28.4 Å². The van der Waals surface area contributed by atoms with Gasteiger partial charge in [0.1, 0.15) is 5.75 Å². The van der Waals surface area contributed by atoms with Crippen molar-refractivity contribution in [2.45, 2.75) is 25.8 Å². The van der Waals surface area contributed by atoms with Crippen LogP contribution in [0.3, 0.4) is 0 Å². The lowest BCUT2D eigenvalue weighted by Crippen LogP contribution is -2.36. The largest absolute Gasteiger partial charge is 0.497 e. The van der Waals surface area contributed by atoms with Crippen molar-refractivity contribution in [3.8, 4) is 23.0 Å². The van der Waals surface area contributed by atoms with Crippen molar-refractivity contribution < 1.29 is 23.7 Å². The number of hydrogen-bond donors (Lipinski definition) is 0. The maximum atomic E-state index is 12.8. The van der Waals surface area contributed by atoms with E-state index in [1.807, 2.05) is 29.2 Å². The fourth-order valence-corrected chi connectivity index (χ4v) is 3.63. The van der Waals surface area contributed by atoms with Crippen molar-refractivity contribution in [2.24, 2.45) is 0 Å². The summed E-state index contributed by atoms with van der Waals surface area (Å²) in [5.41, 5.74) is 3.36. The summed E-state index contributed by atoms with van der Waals surface area (Å²) >= 11 is 0. The molecule has 0 fully saturated rings. The summed E-state index contributed by atoms with van der Waals surface area (Å²) in [5.74, 6) is 2.72. The molecule has 0 atom stereocenters. The van der Waals surface area contributed by atoms with Crippen molar-refractivity contribution in [1.29, 1.82) is 0 Å². The summed E-state index contributed by atoms with van der Waals surface area (Å²) in [7, 11) is 6.42. The van der Waals surface area contributed by atoms with E-state index in [0.717, 1.165) is 29.8 Å². The molecule has 0 saturated carbocycles. The number of carbonyl (C=O) groups is 1. The van der Waals surface area contributed by atoms with E-state index >= 15 is 0 Å². The summed E-state index contributed by atoms with van der Waals surface area (Å²) < 4.78 is 21.6. The monoisotopic (exact) mass is 385 g/mol. The average molecular weight is 385 g/mol. The molecule has 3 rings (SSSR count). The number of fused-ring (bicyclic) bond motifs is 1. The maximum absolute atomic E-state index is 12.8. The van der Waals surface area contributed by atoms with Gasteiger partial charge in [0.25, 0.3) is 0 Å². The van der Waals surface area contributed by atoms with Gasteiger partial charge in [-0.25, -0.2) is 0 Å². The van der Waals surface area contributed by atoms with Crippen LogP contribution < -0.4 is 18.9 Å². The molecule has 28 heavy (non-hydrogen) atoms. The van der Waals surface area contributed by atoms with Gasteiger partial charge in [-0.2, -0.15) is 0 Å². The van der Waals surface area contributed by atoms with Gasteiger partial charge in [0.15, 0.2) is 11.5 Å². The average Bonchev–Trinajstić information content (AvgIpc) is 2.75. The summed E-state index contributed by atoms with van der Waals surface area (Å²) in [4.78, 5) is 14.7. The first kappa shape index (κ1) is 19.9. The van der Waals surface area contributed by atoms with Gasteiger partial charge in [0, 0.05) is 19.5 Å². The SMILES string of the molecule is COc1ccc2c(c1)CN(C(=O)CCc1ccc(OC)c(OC)c1OC)CC2. The molecule has 0 spiro atoms. The molecule has 2 aromatic rings. The third-order valence-electron chi connectivity index (χ3n) is 5.17. The third kappa shape index (κ3) is 4.01. The first-order valence-corrected chi connectivity index (χ1v) is 9.32. The molecule has 1 amide bonds. The second-order valence-corrected chi connectivity index (χ2v) is 6.69. The molecule has 0 N–H and O–H groups in total. The highest BCUT2D eigenvalue weighted by atomic mass is 16.5. The Labute approximate surface area is 166 Å². The highest BCUT2D eigenvalue weighted by Gasteiger charge is 2.22. The zero-order valence-corrected chi connectivity index (χ0v) is 16.9. The van der Waals surface area contributed by atoms with Gasteiger partial charge in [-0.15, -0.1) is 0 Å². The quantitative estimate of drug-likeness (QED) is 0.732. The predicted octanol–water partition coefficient (Wildman–Crippen LogP) is 3.24. The summed E-state index contributed by atoms with van der Waals surface area (Å²) in [6, 6.07) is 9.84. The first-order chi connectivity index (χ1) is 13.6. The molecule has 6 heteroatoms. The zero-order valence-electron chi connectivity index (χ0n) is 16.9. The fraction of sp³-hybridized carbons (Fsp3) is 0.409. The summed E-state index contributed by atoms with van der Waals surface area (Å²) in [6.07, 6.45) is 1.85. The minimum atomic E-state index is 0.130. The predicted molar refractivity (Wildman–Crippen MR) is 107 cm³/mol. The lowest BCUT2D eigenvalue weighted by Gasteiger charge is -2.29. The molecule has 0 bridgehead atoms. The first-order valence-electron chi connectivity index (χ1n) is 9.32. The van der Waals surface area contributed by atoms with Crippen LogP contribution in [0.5, 0.6) is 23.0 Å². The number of aryl methyl sites for hydroxylation is 1. The summed E-state index contributed by atoms with van der Waals surface area (Å²) in [6.45, 7) is 1.36. The maximum Gasteiger partial charge on any atom is 0.223 e. The molecule has 1 aliphatic rings. The van der Waals surface area contributed by atoms with Crippen LogP contribution in [0.4, 0.5) is 0 Å². The van der Waals surface area contributed by atoms with Crippen molar-refractivity contribution in [3.05, 3.63) is 47.0 Å². The van der Waals surface area contributed by atoms with Crippen LogP contribution in [-0.2, 0) is 24.2 Å². The normalized spacial score (nSPS) is 12.9. The number of ether oxygens (including phenoxy) is 4. The Morgan fingerprint density at radius 3 is 2.39 bits per heavy atom. The fourth-order valence-electron chi connectivity index (χ4n) is 3.63. The Hall–Kier alpha value is -2.89. The van der Waals surface area contributed by atoms with E-state index in [-0.39, 0.29) is 5.91 Å². The van der Waals surface area contributed by atoms with Gasteiger partial charge >= 0.3 is 0 Å². The zero-order chi connectivity index (χ0) is 20.1. The van der Waals surface area contributed by atoms with Crippen molar-refractivity contribution >= 4 is 5.91 Å². The van der Waals surface area contributed by atoms with Gasteiger partial charge in [-0.3, -0.25) is 4.79 Å². The highest BCUT2D eigenvalue weighted by molar-refractivity contribution is 5.77. The van der Waals surface area contributed by atoms with Crippen molar-refractivity contribution in [3.63, 3.8) is 0 Å². The Morgan fingerprint density at radius 1 is 0.929 bits per heavy atom. The molecule has 1 heterocycles. The van der Waals surface area contributed by atoms with Crippen LogP contribution >= 0.6 is 0 Å². The second-order valence-electron chi connectivity index (χ2n) is 6.69. The third-order valence-corrected chi connectivity index (χ3v) is 5.17. The van der Waals surface area contributed by atoms with E-state index < -0.39 is 0 Å². The van der Waals surface area contributed by atoms with Gasteiger partial charge in [0.2, 0.25) is 11.7 Å². The smallest absolute Gasteiger partial charge is 0.223 e. The van der Waals surface area contributed by atoms with Gasteiger partial charge in [-0.05, 0) is 47.7 Å². The molecule has 6 nitrogen and oxygen atoms in total. The number of carbonyl (C=O) groups excluding carboxylic acids is 1. The number of methoxy groups -OCH3 is 4. The van der Waals surface area contributed by atoms with E-state index in [9.17, 15) is 4.79 Å². The lowest BCUT2D eigenvalue weighted by molar-refractivity contribution is -0.132. The molecule has 0 aromatic heterocycles. The molecular weight excluding hydrogens is 358 g/mol. The summed E-state index contributed by atoms with van der Waals surface area (Å²) in [5, 5.41) is 0. The van der Waals surface area contributed by atoms with Gasteiger partial charge in [-0.1, -0.05) is 12.1 Å².